The highest BCUT2D eigenvalue weighted by Gasteiger charge is 2.21. The average Bonchev–Trinajstić information content (AvgIpc) is 2.82. The Balaban J connectivity index is 2.34. The maximum Gasteiger partial charge on any atom is 0.165 e. The van der Waals surface area contributed by atoms with Crippen molar-refractivity contribution in [2.24, 2.45) is 5.84 Å². The third-order valence-corrected chi connectivity index (χ3v) is 4.07. The van der Waals surface area contributed by atoms with Gasteiger partial charge in [0.2, 0.25) is 0 Å². The van der Waals surface area contributed by atoms with E-state index in [1.807, 2.05) is 37.3 Å². The predicted molar refractivity (Wildman–Crippen MR) is 94.7 cm³/mol. The Morgan fingerprint density at radius 2 is 1.83 bits per heavy atom. The van der Waals surface area contributed by atoms with Crippen LogP contribution in [0.3, 0.4) is 0 Å². The molecule has 0 atom stereocenters. The molecule has 0 fully saturated rings. The number of aryl methyl sites for hydroxylation is 1. The summed E-state index contributed by atoms with van der Waals surface area (Å²) in [6.45, 7) is 8.33. The van der Waals surface area contributed by atoms with Crippen LogP contribution in [0.4, 0.5) is 5.82 Å². The molecule has 0 saturated heterocycles. The van der Waals surface area contributed by atoms with Gasteiger partial charge in [-0.2, -0.15) is 9.61 Å². The van der Waals surface area contributed by atoms with E-state index in [1.165, 1.54) is 0 Å². The smallest absolute Gasteiger partial charge is 0.165 e. The van der Waals surface area contributed by atoms with Crippen LogP contribution in [0.15, 0.2) is 30.3 Å². The largest absolute Gasteiger partial charge is 0.308 e. The number of halogens is 1. The first-order valence-electron chi connectivity index (χ1n) is 7.44. The van der Waals surface area contributed by atoms with E-state index in [2.05, 4.69) is 31.3 Å². The van der Waals surface area contributed by atoms with Crippen LogP contribution in [0.25, 0.3) is 16.8 Å². The first-order valence-corrected chi connectivity index (χ1v) is 7.82. The maximum absolute atomic E-state index is 6.00. The molecule has 0 spiro atoms. The van der Waals surface area contributed by atoms with Crippen molar-refractivity contribution in [1.82, 2.24) is 14.6 Å². The van der Waals surface area contributed by atoms with Crippen LogP contribution >= 0.6 is 11.6 Å². The summed E-state index contributed by atoms with van der Waals surface area (Å²) in [6, 6.07) is 9.64. The number of nitrogens with zero attached hydrogens (tertiary/aromatic N) is 3. The molecule has 3 N–H and O–H groups in total. The molecule has 6 heteroatoms. The molecule has 0 bridgehead atoms. The number of nitrogen functional groups attached to an aromatic ring is 1. The summed E-state index contributed by atoms with van der Waals surface area (Å²) in [5.41, 5.74) is 7.28. The second kappa shape index (κ2) is 5.51. The van der Waals surface area contributed by atoms with Crippen molar-refractivity contribution in [2.75, 3.05) is 5.43 Å². The van der Waals surface area contributed by atoms with Gasteiger partial charge in [-0.1, -0.05) is 44.5 Å². The van der Waals surface area contributed by atoms with Gasteiger partial charge < -0.3 is 5.43 Å². The first-order chi connectivity index (χ1) is 10.8. The lowest BCUT2D eigenvalue weighted by molar-refractivity contribution is 0.568. The Hall–Kier alpha value is -2.11. The first kappa shape index (κ1) is 15.8. The molecule has 2 heterocycles. The minimum absolute atomic E-state index is 0.0945. The Bertz CT molecular complexity index is 859. The van der Waals surface area contributed by atoms with Crippen LogP contribution in [0.1, 0.15) is 32.2 Å². The summed E-state index contributed by atoms with van der Waals surface area (Å²) in [5.74, 6) is 6.40. The average molecular weight is 330 g/mol. The second-order valence-corrected chi connectivity index (χ2v) is 7.06. The van der Waals surface area contributed by atoms with E-state index >= 15 is 0 Å². The molecule has 3 aromatic rings. The lowest BCUT2D eigenvalue weighted by Crippen LogP contribution is -2.18. The van der Waals surface area contributed by atoms with Crippen molar-refractivity contribution >= 4 is 23.1 Å². The Morgan fingerprint density at radius 3 is 2.39 bits per heavy atom. The normalized spacial score (nSPS) is 11.9. The standard InChI is InChI=1S/C17H20ClN5/c1-10-15(11-5-7-12(18)8-6-11)16-20-13(17(2,3)4)9-14(21-19)23(16)22-10/h5-9,21H,19H2,1-4H3. The van der Waals surface area contributed by atoms with E-state index in [0.717, 1.165) is 28.2 Å². The lowest BCUT2D eigenvalue weighted by atomic mass is 9.92. The number of hydrogen-bond acceptors (Lipinski definition) is 4. The Morgan fingerprint density at radius 1 is 1.17 bits per heavy atom. The van der Waals surface area contributed by atoms with Crippen LogP contribution in [0.5, 0.6) is 0 Å². The van der Waals surface area contributed by atoms with Gasteiger partial charge >= 0.3 is 0 Å². The van der Waals surface area contributed by atoms with Crippen LogP contribution in [-0.4, -0.2) is 14.6 Å². The molecule has 0 radical (unpaired) electrons. The van der Waals surface area contributed by atoms with Gasteiger partial charge in [-0.05, 0) is 24.6 Å². The van der Waals surface area contributed by atoms with Gasteiger partial charge in [0.1, 0.15) is 5.82 Å². The second-order valence-electron chi connectivity index (χ2n) is 6.62. The number of nitrogens with two attached hydrogens (primary N) is 1. The zero-order valence-electron chi connectivity index (χ0n) is 13.7. The molecule has 3 rings (SSSR count). The molecule has 0 unspecified atom stereocenters. The van der Waals surface area contributed by atoms with Crippen molar-refractivity contribution in [3.05, 3.63) is 46.7 Å². The number of nitrogens with one attached hydrogen (secondary N) is 1. The number of anilines is 1. The van der Waals surface area contributed by atoms with Crippen molar-refractivity contribution in [2.45, 2.75) is 33.1 Å². The van der Waals surface area contributed by atoms with Gasteiger partial charge in [0.05, 0.1) is 11.4 Å². The van der Waals surface area contributed by atoms with E-state index < -0.39 is 0 Å². The zero-order chi connectivity index (χ0) is 16.8. The van der Waals surface area contributed by atoms with E-state index in [4.69, 9.17) is 22.4 Å². The van der Waals surface area contributed by atoms with Gasteiger partial charge in [-0.25, -0.2) is 10.8 Å². The molecule has 0 aliphatic carbocycles. The summed E-state index contributed by atoms with van der Waals surface area (Å²) < 4.78 is 1.74. The molecule has 2 aromatic heterocycles. The number of rotatable bonds is 2. The number of hydrogen-bond donors (Lipinski definition) is 2. The number of hydrazine groups is 1. The number of aromatic nitrogens is 3. The molecule has 5 nitrogen and oxygen atoms in total. The quantitative estimate of drug-likeness (QED) is 0.552. The molecule has 0 aliphatic heterocycles. The van der Waals surface area contributed by atoms with Gasteiger partial charge in [0, 0.05) is 22.1 Å². The van der Waals surface area contributed by atoms with Crippen molar-refractivity contribution in [3.8, 4) is 11.1 Å². The SMILES string of the molecule is Cc1nn2c(NN)cc(C(C)(C)C)nc2c1-c1ccc(Cl)cc1. The highest BCUT2D eigenvalue weighted by molar-refractivity contribution is 6.30. The molecule has 120 valence electrons. The molecule has 0 amide bonds. The molecule has 1 aromatic carbocycles. The highest BCUT2D eigenvalue weighted by atomic mass is 35.5. The van der Waals surface area contributed by atoms with Crippen molar-refractivity contribution in [1.29, 1.82) is 0 Å². The highest BCUT2D eigenvalue weighted by Crippen LogP contribution is 2.32. The fourth-order valence-corrected chi connectivity index (χ4v) is 2.69. The topological polar surface area (TPSA) is 68.2 Å². The molecular weight excluding hydrogens is 310 g/mol. The molecule has 0 aliphatic rings. The van der Waals surface area contributed by atoms with E-state index in [0.29, 0.717) is 10.8 Å². The van der Waals surface area contributed by atoms with Crippen LogP contribution in [-0.2, 0) is 5.41 Å². The van der Waals surface area contributed by atoms with Crippen molar-refractivity contribution < 1.29 is 0 Å². The number of benzene rings is 1. The van der Waals surface area contributed by atoms with Gasteiger partial charge in [-0.15, -0.1) is 0 Å². The van der Waals surface area contributed by atoms with Gasteiger partial charge in [-0.3, -0.25) is 0 Å². The van der Waals surface area contributed by atoms with Crippen LogP contribution < -0.4 is 11.3 Å². The van der Waals surface area contributed by atoms with Gasteiger partial charge in [0.15, 0.2) is 5.65 Å². The maximum atomic E-state index is 6.00. The fraction of sp³-hybridized carbons (Fsp3) is 0.294. The summed E-state index contributed by atoms with van der Waals surface area (Å²) in [5, 5.41) is 5.29. The van der Waals surface area contributed by atoms with E-state index in [-0.39, 0.29) is 5.41 Å². The minimum atomic E-state index is -0.0945. The van der Waals surface area contributed by atoms with Crippen molar-refractivity contribution in [3.63, 3.8) is 0 Å². The summed E-state index contributed by atoms with van der Waals surface area (Å²) >= 11 is 6.00. The Labute approximate surface area is 140 Å². The van der Waals surface area contributed by atoms with Crippen LogP contribution in [0.2, 0.25) is 5.02 Å². The monoisotopic (exact) mass is 329 g/mol. The third-order valence-electron chi connectivity index (χ3n) is 3.81. The summed E-state index contributed by atoms with van der Waals surface area (Å²) in [6.07, 6.45) is 0. The fourth-order valence-electron chi connectivity index (χ4n) is 2.56. The molecule has 23 heavy (non-hydrogen) atoms. The van der Waals surface area contributed by atoms with E-state index in [1.54, 1.807) is 4.52 Å². The summed E-state index contributed by atoms with van der Waals surface area (Å²) in [7, 11) is 0. The number of fused-ring (bicyclic) bond motifs is 1. The lowest BCUT2D eigenvalue weighted by Gasteiger charge is -2.19. The third kappa shape index (κ3) is 2.78. The van der Waals surface area contributed by atoms with Gasteiger partial charge in [0.25, 0.3) is 0 Å². The minimum Gasteiger partial charge on any atom is -0.308 e. The van der Waals surface area contributed by atoms with Crippen LogP contribution in [0, 0.1) is 6.92 Å². The summed E-state index contributed by atoms with van der Waals surface area (Å²) in [4.78, 5) is 4.85. The Kier molecular flexibility index (Phi) is 3.78. The zero-order valence-corrected chi connectivity index (χ0v) is 14.4. The predicted octanol–water partition coefficient (Wildman–Crippen LogP) is 3.94. The molecule has 0 saturated carbocycles. The molecular formula is C17H20ClN5. The van der Waals surface area contributed by atoms with E-state index in [9.17, 15) is 0 Å².